The Morgan fingerprint density at radius 3 is 1.92 bits per heavy atom. The number of aromatic nitrogens is 4. The molecular weight excluding hydrogens is 829 g/mol. The van der Waals surface area contributed by atoms with E-state index in [4.69, 9.17) is 33.7 Å². The molecule has 344 valence electrons. The molecule has 0 spiro atoms. The molecule has 3 aromatic carbocycles. The molecule has 16 nitrogen and oxygen atoms in total. The second-order valence-corrected chi connectivity index (χ2v) is 17.6. The van der Waals surface area contributed by atoms with Crippen LogP contribution in [0.1, 0.15) is 75.1 Å². The number of amides is 3. The van der Waals surface area contributed by atoms with Gasteiger partial charge in [-0.05, 0) is 103 Å². The number of alkyl carbamates (subject to hydrolysis) is 2. The van der Waals surface area contributed by atoms with Crippen molar-refractivity contribution >= 4 is 28.9 Å². The van der Waals surface area contributed by atoms with E-state index in [-0.39, 0.29) is 35.9 Å². The van der Waals surface area contributed by atoms with Crippen molar-refractivity contribution < 1.29 is 38.1 Å². The van der Waals surface area contributed by atoms with Gasteiger partial charge < -0.3 is 49.2 Å². The van der Waals surface area contributed by atoms with E-state index >= 15 is 0 Å². The number of aromatic amines is 2. The van der Waals surface area contributed by atoms with Crippen LogP contribution in [0.4, 0.5) is 9.59 Å². The molecule has 4 aliphatic heterocycles. The summed E-state index contributed by atoms with van der Waals surface area (Å²) in [6, 6.07) is 20.6. The first kappa shape index (κ1) is 44.4. The van der Waals surface area contributed by atoms with Crippen LogP contribution >= 0.6 is 0 Å². The van der Waals surface area contributed by atoms with Gasteiger partial charge in [-0.3, -0.25) is 9.69 Å². The lowest BCUT2D eigenvalue weighted by atomic mass is 9.90. The standard InChI is InChI=1S/C49H60N8O8/c1-61-48(59)54-41(33-15-21-63-22-16-33)29-65-30-56-19-3-5-42(56)45-50-27-39(52-45)32-9-7-31(8-10-32)35-11-12-37-26-38(14-13-36(37)25-35)40-28-51-46(53-40)43-6-4-20-57(43)47(58)44(55-49(60)62-2)34-17-23-64-24-18-34/h7-14,25-28,33-34,41-44H,3-6,15-24,29-30H2,1-2H3,(H,50,52)(H,51,53)(H,54,59)(H,55,60)/t41-,42+,43+,44+/m1/s1. The third-order valence-corrected chi connectivity index (χ3v) is 13.7. The molecular formula is C49H60N8O8. The summed E-state index contributed by atoms with van der Waals surface area (Å²) in [6.07, 6.45) is 9.56. The molecule has 4 N–H and O–H groups in total. The fraction of sp³-hybridized carbons (Fsp3) is 0.490. The normalized spacial score (nSPS) is 20.7. The van der Waals surface area contributed by atoms with Gasteiger partial charge in [0, 0.05) is 45.1 Å². The minimum atomic E-state index is -0.678. The zero-order chi connectivity index (χ0) is 44.7. The van der Waals surface area contributed by atoms with Crippen LogP contribution in [0, 0.1) is 11.8 Å². The second-order valence-electron chi connectivity index (χ2n) is 17.6. The van der Waals surface area contributed by atoms with Crippen LogP contribution in [0.25, 0.3) is 44.4 Å². The molecule has 2 aromatic heterocycles. The van der Waals surface area contributed by atoms with Crippen LogP contribution in [0.3, 0.4) is 0 Å². The molecule has 5 aromatic rings. The number of carbonyl (C=O) groups excluding carboxylic acids is 3. The first-order valence-corrected chi connectivity index (χ1v) is 23.1. The summed E-state index contributed by atoms with van der Waals surface area (Å²) in [7, 11) is 2.70. The Balaban J connectivity index is 0.823. The Labute approximate surface area is 379 Å². The first-order valence-electron chi connectivity index (χ1n) is 23.1. The fourth-order valence-corrected chi connectivity index (χ4v) is 10.1. The molecule has 3 amide bonds. The number of rotatable bonds is 14. The number of likely N-dealkylation sites (tertiary alicyclic amines) is 2. The number of nitrogens with zero attached hydrogens (tertiary/aromatic N) is 4. The quantitative estimate of drug-likeness (QED) is 0.0873. The molecule has 0 unspecified atom stereocenters. The lowest BCUT2D eigenvalue weighted by molar-refractivity contribution is -0.136. The van der Waals surface area contributed by atoms with E-state index in [1.807, 2.05) is 17.3 Å². The molecule has 16 heteroatoms. The zero-order valence-electron chi connectivity index (χ0n) is 37.3. The van der Waals surface area contributed by atoms with Gasteiger partial charge in [0.1, 0.15) is 17.7 Å². The van der Waals surface area contributed by atoms with Crippen molar-refractivity contribution in [3.8, 4) is 33.6 Å². The van der Waals surface area contributed by atoms with Crippen molar-refractivity contribution in [2.45, 2.75) is 75.5 Å². The number of nitrogens with one attached hydrogen (secondary N) is 4. The fourth-order valence-electron chi connectivity index (χ4n) is 10.1. The van der Waals surface area contributed by atoms with E-state index in [1.165, 1.54) is 14.2 Å². The van der Waals surface area contributed by atoms with Gasteiger partial charge in [0.05, 0.1) is 69.5 Å². The highest BCUT2D eigenvalue weighted by Gasteiger charge is 2.40. The van der Waals surface area contributed by atoms with Gasteiger partial charge >= 0.3 is 12.2 Å². The third-order valence-electron chi connectivity index (χ3n) is 13.7. The molecule has 4 aliphatic rings. The number of carbonyl (C=O) groups is 3. The average Bonchev–Trinajstić information content (AvgIpc) is 4.21. The minimum absolute atomic E-state index is 0.0214. The van der Waals surface area contributed by atoms with E-state index in [2.05, 4.69) is 86.2 Å². The zero-order valence-corrected chi connectivity index (χ0v) is 37.3. The van der Waals surface area contributed by atoms with Crippen LogP contribution in [-0.4, -0.2) is 127 Å². The maximum atomic E-state index is 14.0. The molecule has 65 heavy (non-hydrogen) atoms. The topological polar surface area (TPSA) is 185 Å². The third kappa shape index (κ3) is 10.2. The largest absolute Gasteiger partial charge is 0.453 e. The molecule has 0 saturated carbocycles. The van der Waals surface area contributed by atoms with Gasteiger partial charge in [-0.2, -0.15) is 0 Å². The Bertz CT molecular complexity index is 2410. The molecule has 0 radical (unpaired) electrons. The summed E-state index contributed by atoms with van der Waals surface area (Å²) in [5.74, 6) is 1.83. The summed E-state index contributed by atoms with van der Waals surface area (Å²) in [6.45, 7) is 4.89. The second kappa shape index (κ2) is 20.6. The van der Waals surface area contributed by atoms with E-state index in [0.29, 0.717) is 59.2 Å². The predicted molar refractivity (Wildman–Crippen MR) is 243 cm³/mol. The Morgan fingerprint density at radius 1 is 0.677 bits per heavy atom. The highest BCUT2D eigenvalue weighted by Crippen LogP contribution is 2.36. The van der Waals surface area contributed by atoms with Crippen molar-refractivity contribution in [3.05, 3.63) is 84.7 Å². The lowest BCUT2D eigenvalue weighted by Crippen LogP contribution is -2.53. The number of imidazole rings is 2. The van der Waals surface area contributed by atoms with Crippen molar-refractivity contribution in [2.75, 3.05) is 67.1 Å². The Kier molecular flexibility index (Phi) is 14.0. The van der Waals surface area contributed by atoms with Crippen LogP contribution in [-0.2, 0) is 28.5 Å². The number of methoxy groups -OCH3 is 2. The van der Waals surface area contributed by atoms with Crippen molar-refractivity contribution in [2.24, 2.45) is 11.8 Å². The maximum Gasteiger partial charge on any atom is 0.407 e. The predicted octanol–water partition coefficient (Wildman–Crippen LogP) is 7.36. The van der Waals surface area contributed by atoms with Crippen LogP contribution in [0.2, 0.25) is 0 Å². The maximum absolute atomic E-state index is 14.0. The number of benzene rings is 3. The smallest absolute Gasteiger partial charge is 0.407 e. The highest BCUT2D eigenvalue weighted by atomic mass is 16.5. The van der Waals surface area contributed by atoms with Gasteiger partial charge in [0.15, 0.2) is 0 Å². The van der Waals surface area contributed by atoms with Crippen LogP contribution in [0.5, 0.6) is 0 Å². The van der Waals surface area contributed by atoms with Gasteiger partial charge in [-0.25, -0.2) is 19.6 Å². The number of fused-ring (bicyclic) bond motifs is 1. The monoisotopic (exact) mass is 888 g/mol. The molecule has 4 atom stereocenters. The van der Waals surface area contributed by atoms with Gasteiger partial charge in [-0.15, -0.1) is 0 Å². The van der Waals surface area contributed by atoms with Crippen molar-refractivity contribution in [3.63, 3.8) is 0 Å². The Morgan fingerprint density at radius 2 is 1.23 bits per heavy atom. The molecule has 0 bridgehead atoms. The number of ether oxygens (including phenoxy) is 5. The number of hydrogen-bond acceptors (Lipinski definition) is 11. The summed E-state index contributed by atoms with van der Waals surface area (Å²) >= 11 is 0. The summed E-state index contributed by atoms with van der Waals surface area (Å²) in [5.41, 5.74) is 6.17. The first-order chi connectivity index (χ1) is 31.8. The summed E-state index contributed by atoms with van der Waals surface area (Å²) in [4.78, 5) is 59.3. The number of hydrogen-bond donors (Lipinski definition) is 4. The molecule has 0 aliphatic carbocycles. The lowest BCUT2D eigenvalue weighted by Gasteiger charge is -2.34. The van der Waals surface area contributed by atoms with E-state index in [1.54, 1.807) is 0 Å². The minimum Gasteiger partial charge on any atom is -0.453 e. The van der Waals surface area contributed by atoms with E-state index in [9.17, 15) is 14.4 Å². The highest BCUT2D eigenvalue weighted by molar-refractivity contribution is 5.91. The molecule has 6 heterocycles. The van der Waals surface area contributed by atoms with Gasteiger partial charge in [0.2, 0.25) is 5.91 Å². The Hall–Kier alpha value is -5.81. The summed E-state index contributed by atoms with van der Waals surface area (Å²) < 4.78 is 27.1. The van der Waals surface area contributed by atoms with Crippen molar-refractivity contribution in [1.82, 2.24) is 40.4 Å². The van der Waals surface area contributed by atoms with E-state index in [0.717, 1.165) is 101 Å². The molecule has 4 fully saturated rings. The van der Waals surface area contributed by atoms with Crippen LogP contribution in [0.15, 0.2) is 73.1 Å². The average molecular weight is 889 g/mol. The summed E-state index contributed by atoms with van der Waals surface area (Å²) in [5, 5.41) is 8.04. The molecule has 4 saturated heterocycles. The number of H-pyrrole nitrogens is 2. The van der Waals surface area contributed by atoms with Crippen LogP contribution < -0.4 is 10.6 Å². The molecule has 9 rings (SSSR count). The van der Waals surface area contributed by atoms with E-state index < -0.39 is 18.2 Å². The van der Waals surface area contributed by atoms with Gasteiger partial charge in [0.25, 0.3) is 0 Å². The SMILES string of the molecule is COC(=O)N[C@H](C(=O)N1CCC[C@H]1c1ncc(-c2ccc3cc(-c4ccc(-c5cnc([C@@H]6CCCN6COC[C@@H](NC(=O)OC)C6CCOCC6)[nH]5)cc4)ccc3c2)[nH]1)C1CCOCC1. The van der Waals surface area contributed by atoms with Crippen molar-refractivity contribution in [1.29, 1.82) is 0 Å². The van der Waals surface area contributed by atoms with Gasteiger partial charge in [-0.1, -0.05) is 48.5 Å².